The van der Waals surface area contributed by atoms with Gasteiger partial charge in [-0.05, 0) is 23.6 Å². The molecule has 1 aromatic heterocycles. The molecule has 2 aromatic carbocycles. The van der Waals surface area contributed by atoms with E-state index in [9.17, 15) is 0 Å². The van der Waals surface area contributed by atoms with E-state index in [1.165, 1.54) is 16.7 Å². The summed E-state index contributed by atoms with van der Waals surface area (Å²) in [4.78, 5) is 8.68. The predicted octanol–water partition coefficient (Wildman–Crippen LogP) is 2.58. The monoisotopic (exact) mass is 348 g/mol. The van der Waals surface area contributed by atoms with Crippen LogP contribution in [0.5, 0.6) is 0 Å². The maximum absolute atomic E-state index is 4.70. The predicted molar refractivity (Wildman–Crippen MR) is 104 cm³/mol. The molecular weight excluding hydrogens is 324 g/mol. The Balaban J connectivity index is 1.61. The summed E-state index contributed by atoms with van der Waals surface area (Å²) in [5.41, 5.74) is 3.58. The van der Waals surface area contributed by atoms with E-state index in [-0.39, 0.29) is 0 Å². The standard InChI is InChI=1S/C20H24N6/c1-2-22-20(23-12-17-7-4-3-5-8-17)24-13-18-9-6-10-19(11-18)14-26-16-21-15-25-26/h3-11,15-16H,2,12-14H2,1H3,(H2,22,23,24). The van der Waals surface area contributed by atoms with E-state index >= 15 is 0 Å². The molecular formula is C20H24N6. The van der Waals surface area contributed by atoms with Crippen LogP contribution in [0.3, 0.4) is 0 Å². The van der Waals surface area contributed by atoms with Gasteiger partial charge in [-0.3, -0.25) is 0 Å². The molecule has 0 amide bonds. The first-order valence-electron chi connectivity index (χ1n) is 8.80. The zero-order chi connectivity index (χ0) is 18.0. The number of nitrogens with zero attached hydrogens (tertiary/aromatic N) is 4. The lowest BCUT2D eigenvalue weighted by molar-refractivity contribution is 0.684. The van der Waals surface area contributed by atoms with Gasteiger partial charge in [-0.25, -0.2) is 14.7 Å². The van der Waals surface area contributed by atoms with Crippen molar-refractivity contribution in [1.29, 1.82) is 0 Å². The average molecular weight is 348 g/mol. The smallest absolute Gasteiger partial charge is 0.191 e. The Hall–Kier alpha value is -3.15. The first kappa shape index (κ1) is 17.7. The summed E-state index contributed by atoms with van der Waals surface area (Å²) >= 11 is 0. The molecule has 0 radical (unpaired) electrons. The number of aromatic nitrogens is 3. The van der Waals surface area contributed by atoms with Gasteiger partial charge >= 0.3 is 0 Å². The van der Waals surface area contributed by atoms with Crippen molar-refractivity contribution in [2.75, 3.05) is 6.54 Å². The van der Waals surface area contributed by atoms with Crippen LogP contribution in [0.4, 0.5) is 0 Å². The van der Waals surface area contributed by atoms with Gasteiger partial charge in [0.25, 0.3) is 0 Å². The van der Waals surface area contributed by atoms with Gasteiger partial charge in [-0.1, -0.05) is 54.6 Å². The second-order valence-corrected chi connectivity index (χ2v) is 5.95. The zero-order valence-electron chi connectivity index (χ0n) is 15.0. The Morgan fingerprint density at radius 2 is 1.81 bits per heavy atom. The van der Waals surface area contributed by atoms with Crippen molar-refractivity contribution in [3.05, 3.63) is 83.9 Å². The van der Waals surface area contributed by atoms with Crippen molar-refractivity contribution in [3.8, 4) is 0 Å². The van der Waals surface area contributed by atoms with Gasteiger partial charge in [-0.2, -0.15) is 5.10 Å². The highest BCUT2D eigenvalue weighted by molar-refractivity contribution is 5.79. The summed E-state index contributed by atoms with van der Waals surface area (Å²) in [7, 11) is 0. The summed E-state index contributed by atoms with van der Waals surface area (Å²) in [6.07, 6.45) is 3.27. The molecule has 6 nitrogen and oxygen atoms in total. The van der Waals surface area contributed by atoms with Crippen LogP contribution in [0.15, 0.2) is 72.2 Å². The molecule has 0 saturated carbocycles. The number of hydrogen-bond donors (Lipinski definition) is 2. The highest BCUT2D eigenvalue weighted by atomic mass is 15.3. The fraction of sp³-hybridized carbons (Fsp3) is 0.250. The topological polar surface area (TPSA) is 67.1 Å². The Kier molecular flexibility index (Phi) is 6.36. The molecule has 0 unspecified atom stereocenters. The SMILES string of the molecule is CCNC(=NCc1cccc(Cn2cncn2)c1)NCc1ccccc1. The van der Waals surface area contributed by atoms with E-state index in [1.54, 1.807) is 12.7 Å². The van der Waals surface area contributed by atoms with Crippen LogP contribution in [0.1, 0.15) is 23.6 Å². The third-order valence-electron chi connectivity index (χ3n) is 3.87. The van der Waals surface area contributed by atoms with Crippen LogP contribution in [-0.2, 0) is 19.6 Å². The third kappa shape index (κ3) is 5.44. The van der Waals surface area contributed by atoms with Crippen LogP contribution in [-0.4, -0.2) is 27.3 Å². The fourth-order valence-corrected chi connectivity index (χ4v) is 2.62. The molecule has 0 aliphatic heterocycles. The maximum atomic E-state index is 4.70. The van der Waals surface area contributed by atoms with E-state index in [0.717, 1.165) is 19.0 Å². The average Bonchev–Trinajstić information content (AvgIpc) is 3.18. The molecule has 2 N–H and O–H groups in total. The second kappa shape index (κ2) is 9.36. The lowest BCUT2D eigenvalue weighted by Gasteiger charge is -2.11. The fourth-order valence-electron chi connectivity index (χ4n) is 2.62. The van der Waals surface area contributed by atoms with Crippen LogP contribution in [0.25, 0.3) is 0 Å². The number of rotatable bonds is 7. The van der Waals surface area contributed by atoms with Crippen LogP contribution in [0.2, 0.25) is 0 Å². The van der Waals surface area contributed by atoms with Gasteiger partial charge in [0.2, 0.25) is 0 Å². The van der Waals surface area contributed by atoms with Crippen molar-refractivity contribution in [1.82, 2.24) is 25.4 Å². The number of aliphatic imine (C=N–C) groups is 1. The van der Waals surface area contributed by atoms with E-state index in [4.69, 9.17) is 4.99 Å². The van der Waals surface area contributed by atoms with Crippen LogP contribution >= 0.6 is 0 Å². The summed E-state index contributed by atoms with van der Waals surface area (Å²) in [5.74, 6) is 0.818. The molecule has 0 atom stereocenters. The number of benzene rings is 2. The largest absolute Gasteiger partial charge is 0.357 e. The van der Waals surface area contributed by atoms with Gasteiger partial charge in [0, 0.05) is 13.1 Å². The first-order valence-corrected chi connectivity index (χ1v) is 8.80. The van der Waals surface area contributed by atoms with Gasteiger partial charge in [0.05, 0.1) is 13.1 Å². The third-order valence-corrected chi connectivity index (χ3v) is 3.87. The summed E-state index contributed by atoms with van der Waals surface area (Å²) in [6, 6.07) is 18.7. The summed E-state index contributed by atoms with van der Waals surface area (Å²) in [6.45, 7) is 4.98. The van der Waals surface area contributed by atoms with E-state index in [2.05, 4.69) is 64.0 Å². The van der Waals surface area contributed by atoms with Crippen LogP contribution < -0.4 is 10.6 Å². The van der Waals surface area contributed by atoms with Gasteiger partial charge in [-0.15, -0.1) is 0 Å². The quantitative estimate of drug-likeness (QED) is 0.509. The van der Waals surface area contributed by atoms with E-state index < -0.39 is 0 Å². The van der Waals surface area contributed by atoms with Gasteiger partial charge in [0.1, 0.15) is 12.7 Å². The van der Waals surface area contributed by atoms with Crippen molar-refractivity contribution in [2.24, 2.45) is 4.99 Å². The minimum atomic E-state index is 0.620. The van der Waals surface area contributed by atoms with Crippen molar-refractivity contribution in [2.45, 2.75) is 26.6 Å². The molecule has 0 bridgehead atoms. The summed E-state index contributed by atoms with van der Waals surface area (Å²) in [5, 5.41) is 10.8. The molecule has 134 valence electrons. The lowest BCUT2D eigenvalue weighted by Crippen LogP contribution is -2.36. The highest BCUT2D eigenvalue weighted by Gasteiger charge is 2.01. The highest BCUT2D eigenvalue weighted by Crippen LogP contribution is 2.08. The number of hydrogen-bond acceptors (Lipinski definition) is 3. The molecule has 3 aromatic rings. The van der Waals surface area contributed by atoms with Crippen LogP contribution in [0, 0.1) is 0 Å². The van der Waals surface area contributed by atoms with Crippen molar-refractivity contribution < 1.29 is 0 Å². The normalized spacial score (nSPS) is 11.3. The molecule has 0 aliphatic rings. The Bertz CT molecular complexity index is 811. The lowest BCUT2D eigenvalue weighted by atomic mass is 10.1. The second-order valence-electron chi connectivity index (χ2n) is 5.95. The van der Waals surface area contributed by atoms with Gasteiger partial charge < -0.3 is 10.6 Å². The molecule has 0 aliphatic carbocycles. The van der Waals surface area contributed by atoms with Gasteiger partial charge in [0.15, 0.2) is 5.96 Å². The minimum absolute atomic E-state index is 0.620. The van der Waals surface area contributed by atoms with E-state index in [0.29, 0.717) is 13.1 Å². The molecule has 3 rings (SSSR count). The summed E-state index contributed by atoms with van der Waals surface area (Å²) < 4.78 is 1.81. The Morgan fingerprint density at radius 3 is 2.58 bits per heavy atom. The molecule has 0 fully saturated rings. The molecule has 0 saturated heterocycles. The molecule has 1 heterocycles. The number of guanidine groups is 1. The number of nitrogens with one attached hydrogen (secondary N) is 2. The Morgan fingerprint density at radius 1 is 1.00 bits per heavy atom. The maximum Gasteiger partial charge on any atom is 0.191 e. The molecule has 0 spiro atoms. The minimum Gasteiger partial charge on any atom is -0.357 e. The molecule has 26 heavy (non-hydrogen) atoms. The first-order chi connectivity index (χ1) is 12.8. The van der Waals surface area contributed by atoms with E-state index in [1.807, 2.05) is 22.9 Å². The van der Waals surface area contributed by atoms with Crippen molar-refractivity contribution in [3.63, 3.8) is 0 Å². The molecule has 6 heteroatoms. The Labute approximate surface area is 154 Å². The van der Waals surface area contributed by atoms with Crippen molar-refractivity contribution >= 4 is 5.96 Å². The zero-order valence-corrected chi connectivity index (χ0v) is 15.0.